The Balaban J connectivity index is 1.60. The number of hydrogen-bond donors (Lipinski definition) is 2. The van der Waals surface area contributed by atoms with E-state index in [9.17, 15) is 9.90 Å². The van der Waals surface area contributed by atoms with Crippen molar-refractivity contribution in [2.75, 3.05) is 13.1 Å². The van der Waals surface area contributed by atoms with Crippen LogP contribution in [-0.2, 0) is 19.6 Å². The number of fused-ring (bicyclic) bond motifs is 1. The van der Waals surface area contributed by atoms with E-state index in [4.69, 9.17) is 0 Å². The average molecular weight is 342 g/mol. The second kappa shape index (κ2) is 7.70. The minimum atomic E-state index is -0.281. The fraction of sp³-hybridized carbons (Fsp3) is 0.474. The zero-order chi connectivity index (χ0) is 17.8. The lowest BCUT2D eigenvalue weighted by Gasteiger charge is -2.27. The topological polar surface area (TPSA) is 70.4 Å². The van der Waals surface area contributed by atoms with Gasteiger partial charge in [-0.15, -0.1) is 0 Å². The molecule has 0 unspecified atom stereocenters. The number of para-hydroxylation sites is 1. The molecule has 0 saturated carbocycles. The summed E-state index contributed by atoms with van der Waals surface area (Å²) in [5, 5.41) is 17.4. The van der Waals surface area contributed by atoms with Crippen LogP contribution in [0, 0.1) is 6.92 Å². The minimum Gasteiger partial charge on any atom is -0.507 e. The van der Waals surface area contributed by atoms with Gasteiger partial charge in [0, 0.05) is 13.1 Å². The zero-order valence-electron chi connectivity index (χ0n) is 15.0. The number of phenolic OH excluding ortho intramolecular Hbond substituents is 1. The number of amides is 1. The Morgan fingerprint density at radius 1 is 1.36 bits per heavy atom. The fourth-order valence-electron chi connectivity index (χ4n) is 3.15. The first-order chi connectivity index (χ1) is 12.1. The molecule has 2 aromatic rings. The van der Waals surface area contributed by atoms with Crippen LogP contribution in [0.5, 0.6) is 5.75 Å². The molecule has 0 aliphatic carbocycles. The van der Waals surface area contributed by atoms with Crippen molar-refractivity contribution >= 4 is 5.91 Å². The van der Waals surface area contributed by atoms with Crippen molar-refractivity contribution < 1.29 is 9.90 Å². The molecule has 1 aromatic heterocycles. The zero-order valence-corrected chi connectivity index (χ0v) is 15.0. The standard InChI is InChI=1S/C19H26N4O2/c1-3-4-8-22-9-10-23-16(13-22)11-15(21-23)12-20-19(25)17-7-5-6-14(2)18(17)24/h5-7,11,24H,3-4,8-10,12-13H2,1-2H3,(H,20,25). The van der Waals surface area contributed by atoms with Crippen LogP contribution in [0.1, 0.15) is 47.1 Å². The number of phenols is 1. The molecule has 0 atom stereocenters. The number of aromatic nitrogens is 2. The van der Waals surface area contributed by atoms with Crippen LogP contribution in [0.25, 0.3) is 0 Å². The number of rotatable bonds is 6. The average Bonchev–Trinajstić information content (AvgIpc) is 3.02. The second-order valence-electron chi connectivity index (χ2n) is 6.63. The van der Waals surface area contributed by atoms with Crippen LogP contribution in [0.15, 0.2) is 24.3 Å². The molecule has 2 heterocycles. The van der Waals surface area contributed by atoms with E-state index in [-0.39, 0.29) is 11.7 Å². The smallest absolute Gasteiger partial charge is 0.255 e. The van der Waals surface area contributed by atoms with E-state index in [1.807, 2.05) is 4.68 Å². The summed E-state index contributed by atoms with van der Waals surface area (Å²) < 4.78 is 2.04. The highest BCUT2D eigenvalue weighted by Gasteiger charge is 2.18. The molecule has 1 aliphatic rings. The maximum absolute atomic E-state index is 12.3. The SMILES string of the molecule is CCCCN1CCn2nc(CNC(=O)c3cccc(C)c3O)cc2C1. The summed E-state index contributed by atoms with van der Waals surface area (Å²) in [5.41, 5.74) is 3.05. The third-order valence-electron chi connectivity index (χ3n) is 4.67. The lowest BCUT2D eigenvalue weighted by atomic mass is 10.1. The lowest BCUT2D eigenvalue weighted by molar-refractivity contribution is 0.0947. The van der Waals surface area contributed by atoms with Gasteiger partial charge in [0.15, 0.2) is 0 Å². The van der Waals surface area contributed by atoms with E-state index < -0.39 is 0 Å². The number of carbonyl (C=O) groups excluding carboxylic acids is 1. The Hall–Kier alpha value is -2.34. The number of carbonyl (C=O) groups is 1. The van der Waals surface area contributed by atoms with Crippen molar-refractivity contribution in [2.24, 2.45) is 0 Å². The monoisotopic (exact) mass is 342 g/mol. The summed E-state index contributed by atoms with van der Waals surface area (Å²) in [6.45, 7) is 8.31. The molecule has 134 valence electrons. The molecule has 0 spiro atoms. The van der Waals surface area contributed by atoms with Gasteiger partial charge in [-0.05, 0) is 37.6 Å². The van der Waals surface area contributed by atoms with Crippen LogP contribution < -0.4 is 5.32 Å². The maximum Gasteiger partial charge on any atom is 0.255 e. The molecule has 0 bridgehead atoms. The number of nitrogens with one attached hydrogen (secondary N) is 1. The predicted molar refractivity (Wildman–Crippen MR) is 96.4 cm³/mol. The van der Waals surface area contributed by atoms with Crippen LogP contribution >= 0.6 is 0 Å². The van der Waals surface area contributed by atoms with E-state index in [1.54, 1.807) is 25.1 Å². The minimum absolute atomic E-state index is 0.0377. The first-order valence-electron chi connectivity index (χ1n) is 8.93. The van der Waals surface area contributed by atoms with Gasteiger partial charge < -0.3 is 10.4 Å². The number of aryl methyl sites for hydroxylation is 1. The molecule has 25 heavy (non-hydrogen) atoms. The van der Waals surface area contributed by atoms with E-state index in [0.29, 0.717) is 17.7 Å². The molecule has 0 fully saturated rings. The molecule has 1 aromatic carbocycles. The van der Waals surface area contributed by atoms with Crippen molar-refractivity contribution in [1.82, 2.24) is 20.0 Å². The van der Waals surface area contributed by atoms with Gasteiger partial charge in [-0.25, -0.2) is 0 Å². The van der Waals surface area contributed by atoms with Crippen molar-refractivity contribution in [3.8, 4) is 5.75 Å². The Kier molecular flexibility index (Phi) is 5.38. The molecule has 6 heteroatoms. The van der Waals surface area contributed by atoms with Gasteiger partial charge in [0.1, 0.15) is 5.75 Å². The summed E-state index contributed by atoms with van der Waals surface area (Å²) in [6.07, 6.45) is 2.43. The number of hydrogen-bond acceptors (Lipinski definition) is 4. The number of aromatic hydroxyl groups is 1. The van der Waals surface area contributed by atoms with Gasteiger partial charge in [0.2, 0.25) is 0 Å². The largest absolute Gasteiger partial charge is 0.507 e. The predicted octanol–water partition coefficient (Wildman–Crippen LogP) is 2.44. The summed E-state index contributed by atoms with van der Waals surface area (Å²) >= 11 is 0. The Labute approximate surface area is 148 Å². The first kappa shape index (κ1) is 17.5. The van der Waals surface area contributed by atoms with Crippen LogP contribution in [0.3, 0.4) is 0 Å². The van der Waals surface area contributed by atoms with Gasteiger partial charge >= 0.3 is 0 Å². The lowest BCUT2D eigenvalue weighted by Crippen LogP contribution is -2.34. The number of nitrogens with zero attached hydrogens (tertiary/aromatic N) is 3. The van der Waals surface area contributed by atoms with E-state index >= 15 is 0 Å². The highest BCUT2D eigenvalue weighted by molar-refractivity contribution is 5.97. The summed E-state index contributed by atoms with van der Waals surface area (Å²) in [4.78, 5) is 14.7. The van der Waals surface area contributed by atoms with Crippen molar-refractivity contribution in [3.05, 3.63) is 46.8 Å². The van der Waals surface area contributed by atoms with Crippen molar-refractivity contribution in [2.45, 2.75) is 46.3 Å². The Morgan fingerprint density at radius 3 is 3.00 bits per heavy atom. The number of benzene rings is 1. The highest BCUT2D eigenvalue weighted by Crippen LogP contribution is 2.21. The van der Waals surface area contributed by atoms with Crippen molar-refractivity contribution in [1.29, 1.82) is 0 Å². The van der Waals surface area contributed by atoms with E-state index in [2.05, 4.69) is 28.3 Å². The van der Waals surface area contributed by atoms with Gasteiger partial charge in [-0.1, -0.05) is 25.5 Å². The molecule has 1 amide bonds. The molecule has 6 nitrogen and oxygen atoms in total. The summed E-state index contributed by atoms with van der Waals surface area (Å²) in [5.74, 6) is -0.243. The second-order valence-corrected chi connectivity index (χ2v) is 6.63. The van der Waals surface area contributed by atoms with Gasteiger partial charge in [0.25, 0.3) is 5.91 Å². The first-order valence-corrected chi connectivity index (χ1v) is 8.93. The Bertz CT molecular complexity index is 754. The third kappa shape index (κ3) is 4.02. The molecule has 2 N–H and O–H groups in total. The molecule has 0 radical (unpaired) electrons. The fourth-order valence-corrected chi connectivity index (χ4v) is 3.15. The molecule has 0 saturated heterocycles. The normalized spacial score (nSPS) is 14.3. The van der Waals surface area contributed by atoms with Crippen LogP contribution in [0.2, 0.25) is 0 Å². The molecular weight excluding hydrogens is 316 g/mol. The van der Waals surface area contributed by atoms with E-state index in [1.165, 1.54) is 18.5 Å². The highest BCUT2D eigenvalue weighted by atomic mass is 16.3. The van der Waals surface area contributed by atoms with Crippen LogP contribution in [-0.4, -0.2) is 38.8 Å². The maximum atomic E-state index is 12.3. The molecule has 3 rings (SSSR count). The van der Waals surface area contributed by atoms with E-state index in [0.717, 1.165) is 31.9 Å². The molecule has 1 aliphatic heterocycles. The summed E-state index contributed by atoms with van der Waals surface area (Å²) in [6, 6.07) is 7.24. The third-order valence-corrected chi connectivity index (χ3v) is 4.67. The summed E-state index contributed by atoms with van der Waals surface area (Å²) in [7, 11) is 0. The van der Waals surface area contributed by atoms with Crippen LogP contribution in [0.4, 0.5) is 0 Å². The van der Waals surface area contributed by atoms with Gasteiger partial charge in [-0.2, -0.15) is 5.10 Å². The van der Waals surface area contributed by atoms with Crippen molar-refractivity contribution in [3.63, 3.8) is 0 Å². The van der Waals surface area contributed by atoms with Gasteiger partial charge in [-0.3, -0.25) is 14.4 Å². The quantitative estimate of drug-likeness (QED) is 0.846. The van der Waals surface area contributed by atoms with Gasteiger partial charge in [0.05, 0.1) is 30.0 Å². The molecular formula is C19H26N4O2. The number of unbranched alkanes of at least 4 members (excludes halogenated alkanes) is 1. The Morgan fingerprint density at radius 2 is 2.20 bits per heavy atom.